The first-order valence-corrected chi connectivity index (χ1v) is 7.38. The summed E-state index contributed by atoms with van der Waals surface area (Å²) >= 11 is 9.09. The maximum Gasteiger partial charge on any atom is 2.00 e. The van der Waals surface area contributed by atoms with Crippen LogP contribution in [-0.2, 0) is 20.4 Å². The van der Waals surface area contributed by atoms with Crippen LogP contribution < -0.4 is 47.1 Å². The Balaban J connectivity index is -0.000000384. The Kier molecular flexibility index (Phi) is 21.2. The van der Waals surface area contributed by atoms with Gasteiger partial charge in [-0.2, -0.15) is 10.2 Å². The molecule has 13 heteroatoms. The largest absolute Gasteiger partial charge is 2.00 e. The normalized spacial score (nSPS) is 8.89. The van der Waals surface area contributed by atoms with E-state index >= 15 is 0 Å². The molecule has 2 rings (SSSR count). The van der Waals surface area contributed by atoms with Crippen LogP contribution in [0.1, 0.15) is 11.4 Å². The Hall–Kier alpha value is -1.74. The van der Waals surface area contributed by atoms with Crippen molar-refractivity contribution in [2.45, 2.75) is 0 Å². The van der Waals surface area contributed by atoms with Crippen molar-refractivity contribution in [2.75, 3.05) is 0 Å². The summed E-state index contributed by atoms with van der Waals surface area (Å²) in [5.41, 5.74) is 16.7. The molecule has 0 aliphatic rings. The van der Waals surface area contributed by atoms with Crippen LogP contribution >= 0.6 is 24.4 Å². The predicted octanol–water partition coefficient (Wildman–Crippen LogP) is -5.50. The summed E-state index contributed by atoms with van der Waals surface area (Å²) in [4.78, 5) is 8.00. The van der Waals surface area contributed by atoms with Crippen molar-refractivity contribution in [2.24, 2.45) is 21.7 Å². The van der Waals surface area contributed by atoms with Gasteiger partial charge in [0, 0.05) is 12.4 Å². The third kappa shape index (κ3) is 17.4. The topological polar surface area (TPSA) is 127 Å². The SMILES string of the molecule is NC(=S)N/N=C\c1ccccn1.NC(=S)N/N=C\c1ccccn1.[Cl-].[Cl-].[Pd+2]. The second-order valence-corrected chi connectivity index (χ2v) is 4.86. The molecule has 6 N–H and O–H groups in total. The first-order chi connectivity index (χ1) is 11.6. The minimum atomic E-state index is 0. The number of nitrogens with two attached hydrogens (primary N) is 2. The number of hydrazone groups is 2. The molecule has 0 saturated carbocycles. The fourth-order valence-corrected chi connectivity index (χ4v) is 1.33. The molecule has 2 aromatic rings. The molecule has 0 atom stereocenters. The molecule has 0 saturated heterocycles. The maximum absolute atomic E-state index is 5.14. The van der Waals surface area contributed by atoms with Gasteiger partial charge in [-0.05, 0) is 48.7 Å². The number of hydrogen-bond acceptors (Lipinski definition) is 6. The van der Waals surface area contributed by atoms with Crippen LogP contribution in [0.2, 0.25) is 0 Å². The minimum Gasteiger partial charge on any atom is -1.00 e. The van der Waals surface area contributed by atoms with E-state index in [4.69, 9.17) is 11.5 Å². The van der Waals surface area contributed by atoms with Gasteiger partial charge < -0.3 is 36.3 Å². The van der Waals surface area contributed by atoms with E-state index in [1.54, 1.807) is 24.8 Å². The van der Waals surface area contributed by atoms with Crippen molar-refractivity contribution in [3.05, 3.63) is 60.2 Å². The molecule has 0 bridgehead atoms. The van der Waals surface area contributed by atoms with E-state index < -0.39 is 0 Å². The monoisotopic (exact) mass is 536 g/mol. The van der Waals surface area contributed by atoms with Crippen molar-refractivity contribution in [1.82, 2.24) is 20.8 Å². The summed E-state index contributed by atoms with van der Waals surface area (Å²) in [6.45, 7) is 0. The van der Waals surface area contributed by atoms with Crippen LogP contribution in [-0.4, -0.2) is 32.6 Å². The Morgan fingerprint density at radius 1 is 0.815 bits per heavy atom. The second-order valence-electron chi connectivity index (χ2n) is 3.98. The Morgan fingerprint density at radius 3 is 1.44 bits per heavy atom. The van der Waals surface area contributed by atoms with Crippen molar-refractivity contribution < 1.29 is 45.2 Å². The first kappa shape index (κ1) is 30.0. The van der Waals surface area contributed by atoms with E-state index in [2.05, 4.69) is 55.5 Å². The summed E-state index contributed by atoms with van der Waals surface area (Å²) in [5, 5.41) is 7.76. The van der Waals surface area contributed by atoms with Gasteiger partial charge in [-0.1, -0.05) is 12.1 Å². The van der Waals surface area contributed by atoms with Crippen LogP contribution in [0, 0.1) is 0 Å². The van der Waals surface area contributed by atoms with Crippen LogP contribution in [0.4, 0.5) is 0 Å². The first-order valence-electron chi connectivity index (χ1n) is 6.57. The maximum atomic E-state index is 5.14. The molecular weight excluding hydrogens is 522 g/mol. The van der Waals surface area contributed by atoms with Crippen LogP contribution in [0.5, 0.6) is 0 Å². The molecule has 0 aliphatic carbocycles. The van der Waals surface area contributed by atoms with Crippen LogP contribution in [0.3, 0.4) is 0 Å². The smallest absolute Gasteiger partial charge is 1.00 e. The Labute approximate surface area is 194 Å². The Bertz CT molecular complexity index is 643. The van der Waals surface area contributed by atoms with Crippen LogP contribution in [0.15, 0.2) is 59.0 Å². The third-order valence-electron chi connectivity index (χ3n) is 2.12. The van der Waals surface area contributed by atoms with Gasteiger partial charge in [0.25, 0.3) is 0 Å². The quantitative estimate of drug-likeness (QED) is 0.132. The van der Waals surface area contributed by atoms with E-state index in [1.807, 2.05) is 36.4 Å². The van der Waals surface area contributed by atoms with Crippen molar-refractivity contribution in [1.29, 1.82) is 0 Å². The number of thiocarbonyl (C=S) groups is 2. The fourth-order valence-electron chi connectivity index (χ4n) is 1.23. The van der Waals surface area contributed by atoms with Gasteiger partial charge in [-0.15, -0.1) is 0 Å². The van der Waals surface area contributed by atoms with E-state index in [-0.39, 0.29) is 55.5 Å². The molecule has 8 nitrogen and oxygen atoms in total. The average molecular weight is 538 g/mol. The molecular formula is C14H16Cl2N8PdS2. The van der Waals surface area contributed by atoms with Crippen molar-refractivity contribution in [3.8, 4) is 0 Å². The minimum absolute atomic E-state index is 0. The molecule has 0 unspecified atom stereocenters. The zero-order valence-electron chi connectivity index (χ0n) is 13.6. The van der Waals surface area contributed by atoms with Gasteiger partial charge in [-0.3, -0.25) is 20.8 Å². The van der Waals surface area contributed by atoms with E-state index in [0.29, 0.717) is 0 Å². The second kappa shape index (κ2) is 19.0. The number of rotatable bonds is 4. The molecule has 2 heterocycles. The van der Waals surface area contributed by atoms with Gasteiger partial charge in [0.2, 0.25) is 0 Å². The molecule has 0 amide bonds. The molecule has 0 aromatic carbocycles. The van der Waals surface area contributed by atoms with Crippen molar-refractivity contribution in [3.63, 3.8) is 0 Å². The zero-order chi connectivity index (χ0) is 17.6. The molecule has 0 spiro atoms. The van der Waals surface area contributed by atoms with Gasteiger partial charge >= 0.3 is 20.4 Å². The summed E-state index contributed by atoms with van der Waals surface area (Å²) in [7, 11) is 0. The van der Waals surface area contributed by atoms with Gasteiger partial charge in [0.05, 0.1) is 23.8 Å². The molecule has 0 aliphatic heterocycles. The summed E-state index contributed by atoms with van der Waals surface area (Å²) < 4.78 is 0. The zero-order valence-corrected chi connectivity index (χ0v) is 18.3. The van der Waals surface area contributed by atoms with Crippen molar-refractivity contribution >= 4 is 47.1 Å². The summed E-state index contributed by atoms with van der Waals surface area (Å²) in [6, 6.07) is 11.1. The standard InChI is InChI=1S/2C7H8N4S.2ClH.Pd/c2*8-7(12)11-10-5-6-3-1-2-4-9-6;;;/h2*1-5H,(H3,8,11,12);2*1H;/q;;;;+2/p-2/b2*10-5-;;;. The molecule has 2 aromatic heterocycles. The number of aromatic nitrogens is 2. The predicted molar refractivity (Wildman–Crippen MR) is 104 cm³/mol. The number of pyridine rings is 2. The average Bonchev–Trinajstić information content (AvgIpc) is 2.57. The molecule has 148 valence electrons. The van der Waals surface area contributed by atoms with E-state index in [0.717, 1.165) is 11.4 Å². The number of nitrogens with zero attached hydrogens (tertiary/aromatic N) is 4. The third-order valence-corrected chi connectivity index (χ3v) is 2.30. The number of hydrogen-bond donors (Lipinski definition) is 4. The number of halogens is 2. The van der Waals surface area contributed by atoms with Gasteiger partial charge in [0.15, 0.2) is 10.2 Å². The molecule has 0 radical (unpaired) electrons. The summed E-state index contributed by atoms with van der Waals surface area (Å²) in [6.07, 6.45) is 6.45. The van der Waals surface area contributed by atoms with Crippen LogP contribution in [0.25, 0.3) is 0 Å². The molecule has 27 heavy (non-hydrogen) atoms. The van der Waals surface area contributed by atoms with E-state index in [9.17, 15) is 0 Å². The molecule has 0 fully saturated rings. The summed E-state index contributed by atoms with van der Waals surface area (Å²) in [5.74, 6) is 0. The van der Waals surface area contributed by atoms with Gasteiger partial charge in [0.1, 0.15) is 0 Å². The van der Waals surface area contributed by atoms with E-state index in [1.165, 1.54) is 0 Å². The Morgan fingerprint density at radius 2 is 1.19 bits per heavy atom. The number of nitrogens with one attached hydrogen (secondary N) is 2. The fraction of sp³-hybridized carbons (Fsp3) is 0. The van der Waals surface area contributed by atoms with Gasteiger partial charge in [-0.25, -0.2) is 0 Å².